The first-order chi connectivity index (χ1) is 17.1. The zero-order valence-corrected chi connectivity index (χ0v) is 20.2. The first-order valence-electron chi connectivity index (χ1n) is 12.3. The molecule has 0 spiro atoms. The fourth-order valence-corrected chi connectivity index (χ4v) is 4.54. The molecule has 0 saturated heterocycles. The Morgan fingerprint density at radius 2 is 1.74 bits per heavy atom. The summed E-state index contributed by atoms with van der Waals surface area (Å²) in [6, 6.07) is 19.7. The highest BCUT2D eigenvalue weighted by molar-refractivity contribution is 5.92. The Morgan fingerprint density at radius 3 is 2.46 bits per heavy atom. The Balaban J connectivity index is 1.31. The summed E-state index contributed by atoms with van der Waals surface area (Å²) in [5.41, 5.74) is 2.49. The number of aryl methyl sites for hydroxylation is 1. The van der Waals surface area contributed by atoms with Crippen molar-refractivity contribution in [3.05, 3.63) is 83.2 Å². The van der Waals surface area contributed by atoms with Crippen molar-refractivity contribution >= 4 is 11.8 Å². The number of carbonyl (C=O) groups is 2. The minimum absolute atomic E-state index is 0.114. The molecule has 4 rings (SSSR count). The van der Waals surface area contributed by atoms with E-state index in [2.05, 4.69) is 10.5 Å². The third kappa shape index (κ3) is 6.94. The van der Waals surface area contributed by atoms with Crippen molar-refractivity contribution in [2.24, 2.45) is 0 Å². The van der Waals surface area contributed by atoms with Gasteiger partial charge < -0.3 is 19.5 Å². The number of ether oxygens (including phenoxy) is 1. The molecule has 0 radical (unpaired) electrons. The summed E-state index contributed by atoms with van der Waals surface area (Å²) in [6.45, 7) is 0.823. The second kappa shape index (κ2) is 12.2. The van der Waals surface area contributed by atoms with Crippen molar-refractivity contribution in [2.45, 2.75) is 57.5 Å². The molecular weight excluding hydrogens is 442 g/mol. The lowest BCUT2D eigenvalue weighted by Crippen LogP contribution is -2.38. The van der Waals surface area contributed by atoms with Crippen molar-refractivity contribution in [3.8, 4) is 5.75 Å². The third-order valence-electron chi connectivity index (χ3n) is 6.53. The predicted octanol–water partition coefficient (Wildman–Crippen LogP) is 4.56. The van der Waals surface area contributed by atoms with Gasteiger partial charge in [-0.3, -0.25) is 9.59 Å². The van der Waals surface area contributed by atoms with E-state index in [-0.39, 0.29) is 23.6 Å². The maximum Gasteiger partial charge on any atom is 0.273 e. The highest BCUT2D eigenvalue weighted by Crippen LogP contribution is 2.26. The van der Waals surface area contributed by atoms with Crippen LogP contribution in [0.3, 0.4) is 0 Å². The number of aromatic nitrogens is 1. The van der Waals surface area contributed by atoms with E-state index in [9.17, 15) is 9.59 Å². The van der Waals surface area contributed by atoms with Gasteiger partial charge in [0.2, 0.25) is 5.91 Å². The number of nitrogens with one attached hydrogen (secondary N) is 1. The van der Waals surface area contributed by atoms with Crippen LogP contribution < -0.4 is 10.1 Å². The molecule has 3 aromatic rings. The van der Waals surface area contributed by atoms with E-state index in [1.54, 1.807) is 13.2 Å². The van der Waals surface area contributed by atoms with Crippen LogP contribution in [-0.2, 0) is 24.2 Å². The van der Waals surface area contributed by atoms with Gasteiger partial charge in [-0.05, 0) is 48.9 Å². The van der Waals surface area contributed by atoms with Crippen LogP contribution in [0.2, 0.25) is 0 Å². The lowest BCUT2D eigenvalue weighted by Gasteiger charge is -2.28. The molecule has 2 amide bonds. The van der Waals surface area contributed by atoms with E-state index in [0.717, 1.165) is 42.6 Å². The van der Waals surface area contributed by atoms with Crippen LogP contribution in [0.4, 0.5) is 0 Å². The topological polar surface area (TPSA) is 84.7 Å². The number of benzene rings is 2. The first-order valence-corrected chi connectivity index (χ1v) is 12.3. The van der Waals surface area contributed by atoms with Crippen molar-refractivity contribution < 1.29 is 18.8 Å². The molecule has 0 atom stereocenters. The standard InChI is InChI=1S/C28H33N3O4/c1-34-24-14-11-22(12-15-24)17-18-29-28(33)26-19-25(35-30-26)20-31(23-9-5-6-10-23)27(32)16-13-21-7-3-2-4-8-21/h2-4,7-8,11-12,14-15,19,23H,5-6,9-10,13,16-18,20H2,1H3,(H,29,33). The van der Waals surface area contributed by atoms with Crippen LogP contribution in [0.5, 0.6) is 5.75 Å². The number of nitrogens with zero attached hydrogens (tertiary/aromatic N) is 2. The van der Waals surface area contributed by atoms with Crippen LogP contribution in [-0.4, -0.2) is 41.6 Å². The number of amides is 2. The predicted molar refractivity (Wildman–Crippen MR) is 133 cm³/mol. The Hall–Kier alpha value is -3.61. The molecule has 1 heterocycles. The minimum atomic E-state index is -0.281. The van der Waals surface area contributed by atoms with Crippen molar-refractivity contribution in [1.82, 2.24) is 15.4 Å². The van der Waals surface area contributed by atoms with Gasteiger partial charge in [-0.1, -0.05) is 60.5 Å². The summed E-state index contributed by atoms with van der Waals surface area (Å²) < 4.78 is 10.6. The van der Waals surface area contributed by atoms with Crippen LogP contribution in [0, 0.1) is 0 Å². The molecule has 7 heteroatoms. The molecule has 184 valence electrons. The molecule has 0 aliphatic heterocycles. The van der Waals surface area contributed by atoms with E-state index in [1.165, 1.54) is 0 Å². The average Bonchev–Trinajstić information content (AvgIpc) is 3.59. The second-order valence-corrected chi connectivity index (χ2v) is 8.98. The number of carbonyl (C=O) groups excluding carboxylic acids is 2. The van der Waals surface area contributed by atoms with Crippen LogP contribution >= 0.6 is 0 Å². The Bertz CT molecular complexity index is 1090. The van der Waals surface area contributed by atoms with E-state index < -0.39 is 0 Å². The molecular formula is C28H33N3O4. The molecule has 2 aromatic carbocycles. The maximum atomic E-state index is 13.1. The number of rotatable bonds is 11. The molecule has 1 aliphatic carbocycles. The SMILES string of the molecule is COc1ccc(CCNC(=O)c2cc(CN(C(=O)CCc3ccccc3)C3CCCC3)on2)cc1. The van der Waals surface area contributed by atoms with Crippen molar-refractivity contribution in [1.29, 1.82) is 0 Å². The van der Waals surface area contributed by atoms with E-state index >= 15 is 0 Å². The normalized spacial score (nSPS) is 13.5. The van der Waals surface area contributed by atoms with E-state index in [1.807, 2.05) is 59.5 Å². The Kier molecular flexibility index (Phi) is 8.54. The fourth-order valence-electron chi connectivity index (χ4n) is 4.54. The second-order valence-electron chi connectivity index (χ2n) is 8.98. The van der Waals surface area contributed by atoms with E-state index in [0.29, 0.717) is 38.1 Å². The summed E-state index contributed by atoms with van der Waals surface area (Å²) in [6.07, 6.45) is 6.13. The summed E-state index contributed by atoms with van der Waals surface area (Å²) in [7, 11) is 1.63. The summed E-state index contributed by atoms with van der Waals surface area (Å²) in [4.78, 5) is 27.6. The van der Waals surface area contributed by atoms with Gasteiger partial charge in [-0.25, -0.2) is 0 Å². The quantitative estimate of drug-likeness (QED) is 0.440. The third-order valence-corrected chi connectivity index (χ3v) is 6.53. The molecule has 0 unspecified atom stereocenters. The zero-order chi connectivity index (χ0) is 24.5. The molecule has 7 nitrogen and oxygen atoms in total. The largest absolute Gasteiger partial charge is 0.497 e. The first kappa shape index (κ1) is 24.5. The Morgan fingerprint density at radius 1 is 1.03 bits per heavy atom. The van der Waals surface area contributed by atoms with Gasteiger partial charge in [-0.2, -0.15) is 0 Å². The van der Waals surface area contributed by atoms with Gasteiger partial charge in [0.1, 0.15) is 5.75 Å². The molecule has 1 N–H and O–H groups in total. The summed E-state index contributed by atoms with van der Waals surface area (Å²) >= 11 is 0. The smallest absolute Gasteiger partial charge is 0.273 e. The highest BCUT2D eigenvalue weighted by atomic mass is 16.5. The molecule has 0 bridgehead atoms. The lowest BCUT2D eigenvalue weighted by molar-refractivity contribution is -0.134. The maximum absolute atomic E-state index is 13.1. The van der Waals surface area contributed by atoms with Crippen molar-refractivity contribution in [2.75, 3.05) is 13.7 Å². The highest BCUT2D eigenvalue weighted by Gasteiger charge is 2.28. The molecule has 1 aliphatic rings. The van der Waals surface area contributed by atoms with Gasteiger partial charge in [0.25, 0.3) is 5.91 Å². The van der Waals surface area contributed by atoms with Crippen molar-refractivity contribution in [3.63, 3.8) is 0 Å². The van der Waals surface area contributed by atoms with Gasteiger partial charge in [0, 0.05) is 25.1 Å². The number of methoxy groups -OCH3 is 1. The Labute approximate surface area is 206 Å². The van der Waals surface area contributed by atoms with E-state index in [4.69, 9.17) is 9.26 Å². The minimum Gasteiger partial charge on any atom is -0.497 e. The van der Waals surface area contributed by atoms with Crippen LogP contribution in [0.1, 0.15) is 59.5 Å². The van der Waals surface area contributed by atoms with Crippen LogP contribution in [0.15, 0.2) is 65.2 Å². The molecule has 1 saturated carbocycles. The molecule has 35 heavy (non-hydrogen) atoms. The number of hydrogen-bond donors (Lipinski definition) is 1. The lowest BCUT2D eigenvalue weighted by atomic mass is 10.1. The van der Waals surface area contributed by atoms with Crippen LogP contribution in [0.25, 0.3) is 0 Å². The summed E-state index contributed by atoms with van der Waals surface area (Å²) in [5, 5.41) is 6.84. The monoisotopic (exact) mass is 475 g/mol. The van der Waals surface area contributed by atoms with Gasteiger partial charge in [0.05, 0.1) is 13.7 Å². The molecule has 1 fully saturated rings. The van der Waals surface area contributed by atoms with Gasteiger partial charge >= 0.3 is 0 Å². The molecule has 1 aromatic heterocycles. The summed E-state index contributed by atoms with van der Waals surface area (Å²) in [5.74, 6) is 1.17. The average molecular weight is 476 g/mol. The van der Waals surface area contributed by atoms with Gasteiger partial charge in [0.15, 0.2) is 11.5 Å². The van der Waals surface area contributed by atoms with Gasteiger partial charge in [-0.15, -0.1) is 0 Å². The fraction of sp³-hybridized carbons (Fsp3) is 0.393. The number of hydrogen-bond acceptors (Lipinski definition) is 5. The zero-order valence-electron chi connectivity index (χ0n) is 20.2.